The summed E-state index contributed by atoms with van der Waals surface area (Å²) >= 11 is 0. The third-order valence-electron chi connectivity index (χ3n) is 3.44. The van der Waals surface area contributed by atoms with Crippen LogP contribution in [0.4, 0.5) is 13.2 Å². The molecule has 0 radical (unpaired) electrons. The Bertz CT molecular complexity index is 587. The van der Waals surface area contributed by atoms with Gasteiger partial charge in [0.1, 0.15) is 5.75 Å². The van der Waals surface area contributed by atoms with Crippen molar-refractivity contribution in [1.82, 2.24) is 4.31 Å². The zero-order chi connectivity index (χ0) is 16.4. The smallest absolute Gasteiger partial charge is 0.406 e. The molecule has 1 aromatic rings. The second kappa shape index (κ2) is 6.23. The normalized spacial score (nSPS) is 15.8. The standard InChI is InChI=1S/C13H18F3NO3S/c1-9(11-7-5-6-8-12(11)20-4)17(3)21(18,19)10(2)13(14,15)16/h5-10H,1-4H3/t9-,10-/m0/s1. The van der Waals surface area contributed by atoms with Gasteiger partial charge in [0.25, 0.3) is 0 Å². The molecule has 0 aliphatic carbocycles. The second-order valence-corrected chi connectivity index (χ2v) is 6.98. The molecule has 21 heavy (non-hydrogen) atoms. The second-order valence-electron chi connectivity index (χ2n) is 4.66. The largest absolute Gasteiger partial charge is 0.496 e. The number of ether oxygens (including phenoxy) is 1. The van der Waals surface area contributed by atoms with Crippen LogP contribution in [-0.4, -0.2) is 38.3 Å². The highest BCUT2D eigenvalue weighted by molar-refractivity contribution is 7.89. The zero-order valence-corrected chi connectivity index (χ0v) is 13.0. The van der Waals surface area contributed by atoms with Crippen molar-refractivity contribution in [1.29, 1.82) is 0 Å². The molecule has 4 nitrogen and oxygen atoms in total. The highest BCUT2D eigenvalue weighted by atomic mass is 32.2. The molecule has 0 saturated heterocycles. The van der Waals surface area contributed by atoms with Crippen LogP contribution in [0.25, 0.3) is 0 Å². The number of hydrogen-bond acceptors (Lipinski definition) is 3. The minimum atomic E-state index is -4.81. The zero-order valence-electron chi connectivity index (χ0n) is 12.2. The number of rotatable bonds is 5. The number of benzene rings is 1. The Morgan fingerprint density at radius 3 is 2.19 bits per heavy atom. The molecule has 0 bridgehead atoms. The molecule has 0 aliphatic heterocycles. The molecule has 0 fully saturated rings. The summed E-state index contributed by atoms with van der Waals surface area (Å²) in [5.74, 6) is 0.423. The predicted octanol–water partition coefficient (Wildman–Crippen LogP) is 2.97. The lowest BCUT2D eigenvalue weighted by Crippen LogP contribution is -2.43. The molecule has 0 aliphatic rings. The van der Waals surface area contributed by atoms with Gasteiger partial charge in [0, 0.05) is 12.6 Å². The summed E-state index contributed by atoms with van der Waals surface area (Å²) in [6, 6.07) is 5.83. The van der Waals surface area contributed by atoms with Crippen LogP contribution in [0, 0.1) is 0 Å². The fourth-order valence-corrected chi connectivity index (χ4v) is 3.24. The number of nitrogens with zero attached hydrogens (tertiary/aromatic N) is 1. The van der Waals surface area contributed by atoms with E-state index in [1.165, 1.54) is 14.0 Å². The summed E-state index contributed by atoms with van der Waals surface area (Å²) in [5, 5.41) is -2.47. The van der Waals surface area contributed by atoms with Gasteiger partial charge in [0.05, 0.1) is 13.2 Å². The fourth-order valence-electron chi connectivity index (χ4n) is 1.85. The van der Waals surface area contributed by atoms with Crippen molar-refractivity contribution < 1.29 is 26.3 Å². The molecule has 0 saturated carbocycles. The minimum Gasteiger partial charge on any atom is -0.496 e. The van der Waals surface area contributed by atoms with Gasteiger partial charge >= 0.3 is 6.18 Å². The first kappa shape index (κ1) is 17.8. The van der Waals surface area contributed by atoms with Gasteiger partial charge in [-0.1, -0.05) is 18.2 Å². The van der Waals surface area contributed by atoms with E-state index in [1.54, 1.807) is 24.3 Å². The van der Waals surface area contributed by atoms with Crippen LogP contribution in [0.5, 0.6) is 5.75 Å². The molecule has 0 unspecified atom stereocenters. The first-order valence-electron chi connectivity index (χ1n) is 6.20. The van der Waals surface area contributed by atoms with Gasteiger partial charge < -0.3 is 4.74 Å². The summed E-state index contributed by atoms with van der Waals surface area (Å²) in [7, 11) is -1.97. The number of sulfonamides is 1. The van der Waals surface area contributed by atoms with Crippen molar-refractivity contribution in [3.63, 3.8) is 0 Å². The van der Waals surface area contributed by atoms with Crippen molar-refractivity contribution in [2.24, 2.45) is 0 Å². The molecule has 1 rings (SSSR count). The van der Waals surface area contributed by atoms with Gasteiger partial charge in [-0.15, -0.1) is 0 Å². The van der Waals surface area contributed by atoms with E-state index < -0.39 is 27.5 Å². The highest BCUT2D eigenvalue weighted by Crippen LogP contribution is 2.34. The van der Waals surface area contributed by atoms with E-state index in [2.05, 4.69) is 0 Å². The van der Waals surface area contributed by atoms with Crippen LogP contribution in [0.3, 0.4) is 0 Å². The molecule has 120 valence electrons. The van der Waals surface area contributed by atoms with E-state index in [1.807, 2.05) is 0 Å². The third kappa shape index (κ3) is 3.68. The number of halogens is 3. The topological polar surface area (TPSA) is 46.6 Å². The van der Waals surface area contributed by atoms with Crippen LogP contribution in [0.2, 0.25) is 0 Å². The maximum Gasteiger partial charge on any atom is 0.406 e. The average Bonchev–Trinajstić information content (AvgIpc) is 2.43. The van der Waals surface area contributed by atoms with Crippen LogP contribution < -0.4 is 4.74 Å². The summed E-state index contributed by atoms with van der Waals surface area (Å²) in [4.78, 5) is 0. The number of para-hydroxylation sites is 1. The monoisotopic (exact) mass is 325 g/mol. The molecular weight excluding hydrogens is 307 g/mol. The number of methoxy groups -OCH3 is 1. The van der Waals surface area contributed by atoms with Gasteiger partial charge in [-0.05, 0) is 19.9 Å². The molecular formula is C13H18F3NO3S. The quantitative estimate of drug-likeness (QED) is 0.836. The Kier molecular flexibility index (Phi) is 5.27. The van der Waals surface area contributed by atoms with Crippen LogP contribution in [-0.2, 0) is 10.0 Å². The average molecular weight is 325 g/mol. The lowest BCUT2D eigenvalue weighted by molar-refractivity contribution is -0.127. The molecule has 8 heteroatoms. The Hall–Kier alpha value is -1.28. The summed E-state index contributed by atoms with van der Waals surface area (Å²) in [5.41, 5.74) is 0.500. The highest BCUT2D eigenvalue weighted by Gasteiger charge is 2.47. The summed E-state index contributed by atoms with van der Waals surface area (Å²) in [6.07, 6.45) is -4.81. The van der Waals surface area contributed by atoms with E-state index in [4.69, 9.17) is 4.74 Å². The van der Waals surface area contributed by atoms with Crippen LogP contribution in [0.15, 0.2) is 24.3 Å². The first-order valence-corrected chi connectivity index (χ1v) is 7.70. The Labute approximate surface area is 122 Å². The molecule has 0 heterocycles. The van der Waals surface area contributed by atoms with Crippen LogP contribution in [0.1, 0.15) is 25.5 Å². The Morgan fingerprint density at radius 1 is 1.19 bits per heavy atom. The van der Waals surface area contributed by atoms with Crippen molar-refractivity contribution in [2.45, 2.75) is 31.3 Å². The maximum absolute atomic E-state index is 12.7. The lowest BCUT2D eigenvalue weighted by atomic mass is 10.1. The predicted molar refractivity (Wildman–Crippen MR) is 73.6 cm³/mol. The van der Waals surface area contributed by atoms with Crippen molar-refractivity contribution >= 4 is 10.0 Å². The molecule has 0 amide bonds. The number of alkyl halides is 3. The summed E-state index contributed by atoms with van der Waals surface area (Å²) in [6.45, 7) is 2.15. The van der Waals surface area contributed by atoms with Gasteiger partial charge in [-0.3, -0.25) is 0 Å². The van der Waals surface area contributed by atoms with E-state index >= 15 is 0 Å². The molecule has 0 spiro atoms. The van der Waals surface area contributed by atoms with Crippen molar-refractivity contribution in [3.8, 4) is 5.75 Å². The fraction of sp³-hybridized carbons (Fsp3) is 0.538. The lowest BCUT2D eigenvalue weighted by Gasteiger charge is -2.29. The van der Waals surface area contributed by atoms with E-state index in [0.29, 0.717) is 18.2 Å². The van der Waals surface area contributed by atoms with Gasteiger partial charge in [-0.25, -0.2) is 8.42 Å². The molecule has 0 aromatic heterocycles. The van der Waals surface area contributed by atoms with Crippen molar-refractivity contribution in [2.75, 3.05) is 14.2 Å². The maximum atomic E-state index is 12.7. The van der Waals surface area contributed by atoms with E-state index in [0.717, 1.165) is 11.4 Å². The van der Waals surface area contributed by atoms with Crippen LogP contribution >= 0.6 is 0 Å². The van der Waals surface area contributed by atoms with Gasteiger partial charge in [-0.2, -0.15) is 17.5 Å². The Morgan fingerprint density at radius 2 is 1.71 bits per heavy atom. The van der Waals surface area contributed by atoms with E-state index in [9.17, 15) is 21.6 Å². The molecule has 1 aromatic carbocycles. The van der Waals surface area contributed by atoms with Crippen molar-refractivity contribution in [3.05, 3.63) is 29.8 Å². The third-order valence-corrected chi connectivity index (χ3v) is 5.72. The first-order chi connectivity index (χ1) is 9.53. The van der Waals surface area contributed by atoms with Gasteiger partial charge in [0.15, 0.2) is 5.25 Å². The van der Waals surface area contributed by atoms with Gasteiger partial charge in [0.2, 0.25) is 10.0 Å². The number of hydrogen-bond donors (Lipinski definition) is 0. The molecule has 2 atom stereocenters. The SMILES string of the molecule is COc1ccccc1[C@H](C)N(C)S(=O)(=O)[C@@H](C)C(F)(F)F. The Balaban J connectivity index is 3.16. The molecule has 0 N–H and O–H groups in total. The summed E-state index contributed by atoms with van der Waals surface area (Å²) < 4.78 is 68.0. The van der Waals surface area contributed by atoms with E-state index in [-0.39, 0.29) is 0 Å². The minimum absolute atomic E-state index is 0.423.